The van der Waals surface area contributed by atoms with Crippen LogP contribution in [0.4, 0.5) is 0 Å². The lowest BCUT2D eigenvalue weighted by molar-refractivity contribution is -0.145. The smallest absolute Gasteiger partial charge is 0.324 e. The number of nitrogens with zero attached hydrogens (tertiary/aromatic N) is 1. The number of sulfonamides is 1. The number of esters is 1. The number of H-pyrrole nitrogens is 1. The van der Waals surface area contributed by atoms with Crippen molar-refractivity contribution in [1.82, 2.24) is 9.29 Å². The predicted molar refractivity (Wildman–Crippen MR) is 151 cm³/mol. The maximum absolute atomic E-state index is 14.1. The summed E-state index contributed by atoms with van der Waals surface area (Å²) >= 11 is 0. The molecule has 0 amide bonds. The Bertz CT molecular complexity index is 1610. The maximum atomic E-state index is 14.1. The fourth-order valence-electron chi connectivity index (χ4n) is 5.42. The summed E-state index contributed by atoms with van der Waals surface area (Å²) in [6.07, 6.45) is 2.45. The van der Waals surface area contributed by atoms with Gasteiger partial charge >= 0.3 is 5.97 Å². The van der Waals surface area contributed by atoms with Gasteiger partial charge in [0.25, 0.3) is 0 Å². The van der Waals surface area contributed by atoms with E-state index in [0.29, 0.717) is 18.6 Å². The third-order valence-electron chi connectivity index (χ3n) is 7.36. The molecule has 1 aliphatic rings. The van der Waals surface area contributed by atoms with E-state index in [-0.39, 0.29) is 23.3 Å². The van der Waals surface area contributed by atoms with E-state index in [9.17, 15) is 13.2 Å². The van der Waals surface area contributed by atoms with E-state index in [1.165, 1.54) is 23.5 Å². The third kappa shape index (κ3) is 5.22. The normalized spacial score (nSPS) is 17.5. The zero-order chi connectivity index (χ0) is 27.6. The van der Waals surface area contributed by atoms with Crippen LogP contribution in [0.2, 0.25) is 0 Å². The summed E-state index contributed by atoms with van der Waals surface area (Å²) in [5, 5.41) is 0.925. The van der Waals surface area contributed by atoms with Crippen molar-refractivity contribution in [1.29, 1.82) is 0 Å². The summed E-state index contributed by atoms with van der Waals surface area (Å²) in [7, 11) is -2.81. The zero-order valence-corrected chi connectivity index (χ0v) is 22.9. The molecule has 0 aliphatic carbocycles. The minimum absolute atomic E-state index is 0.0445. The van der Waals surface area contributed by atoms with Crippen molar-refractivity contribution < 1.29 is 22.7 Å². The highest BCUT2D eigenvalue weighted by Crippen LogP contribution is 2.42. The summed E-state index contributed by atoms with van der Waals surface area (Å²) in [5.41, 5.74) is 3.10. The number of fused-ring (bicyclic) bond motifs is 2. The van der Waals surface area contributed by atoms with Crippen LogP contribution < -0.4 is 4.74 Å². The van der Waals surface area contributed by atoms with Gasteiger partial charge in [0.15, 0.2) is 0 Å². The van der Waals surface area contributed by atoms with Gasteiger partial charge in [0.2, 0.25) is 10.0 Å². The summed E-state index contributed by atoms with van der Waals surface area (Å²) in [6.45, 7) is 6.79. The van der Waals surface area contributed by atoms with Gasteiger partial charge in [0.1, 0.15) is 11.8 Å². The molecule has 1 aliphatic heterocycles. The van der Waals surface area contributed by atoms with Crippen LogP contribution in [0, 0.1) is 0 Å². The molecule has 2 atom stereocenters. The van der Waals surface area contributed by atoms with Crippen molar-refractivity contribution >= 4 is 26.9 Å². The van der Waals surface area contributed by atoms with Gasteiger partial charge in [-0.2, -0.15) is 4.31 Å². The molecule has 1 N–H and O–H groups in total. The number of aromatic nitrogens is 1. The Morgan fingerprint density at radius 1 is 1.08 bits per heavy atom. The molecule has 202 valence electrons. The second kappa shape index (κ2) is 10.7. The molecule has 0 fully saturated rings. The van der Waals surface area contributed by atoms with E-state index in [2.05, 4.69) is 18.5 Å². The number of nitrogens with one attached hydrogen (secondary N) is 1. The Morgan fingerprint density at radius 3 is 2.54 bits per heavy atom. The minimum Gasteiger partial charge on any atom is -0.492 e. The molecule has 1 aromatic heterocycles. The van der Waals surface area contributed by atoms with Crippen molar-refractivity contribution in [3.05, 3.63) is 108 Å². The second-order valence-corrected chi connectivity index (χ2v) is 12.1. The van der Waals surface area contributed by atoms with Crippen molar-refractivity contribution in [3.63, 3.8) is 0 Å². The van der Waals surface area contributed by atoms with Gasteiger partial charge in [-0.15, -0.1) is 0 Å². The first kappa shape index (κ1) is 26.7. The first-order valence-corrected chi connectivity index (χ1v) is 14.3. The molecule has 39 heavy (non-hydrogen) atoms. The van der Waals surface area contributed by atoms with Crippen LogP contribution in [-0.4, -0.2) is 50.0 Å². The number of ether oxygens (including phenoxy) is 2. The number of hydrogen-bond donors (Lipinski definition) is 1. The number of para-hydroxylation sites is 2. The molecule has 0 saturated heterocycles. The first-order valence-electron chi connectivity index (χ1n) is 12.8. The Balaban J connectivity index is 1.51. The molecule has 4 aromatic rings. The highest BCUT2D eigenvalue weighted by Gasteiger charge is 2.40. The summed E-state index contributed by atoms with van der Waals surface area (Å²) in [4.78, 5) is 16.6. The van der Waals surface area contributed by atoms with Crippen molar-refractivity contribution in [2.45, 2.75) is 36.1 Å². The van der Waals surface area contributed by atoms with Crippen LogP contribution in [0.5, 0.6) is 5.75 Å². The molecule has 8 heteroatoms. The molecule has 5 rings (SSSR count). The molecule has 3 aromatic carbocycles. The van der Waals surface area contributed by atoms with Gasteiger partial charge in [-0.05, 0) is 36.2 Å². The summed E-state index contributed by atoms with van der Waals surface area (Å²) in [5.74, 6) is 0.196. The van der Waals surface area contributed by atoms with Crippen molar-refractivity contribution in [2.24, 2.45) is 0 Å². The Labute approximate surface area is 229 Å². The van der Waals surface area contributed by atoms with E-state index in [1.807, 2.05) is 54.7 Å². The topological polar surface area (TPSA) is 88.7 Å². The lowest BCUT2D eigenvalue weighted by Gasteiger charge is -2.32. The monoisotopic (exact) mass is 544 g/mol. The summed E-state index contributed by atoms with van der Waals surface area (Å²) < 4.78 is 40.5. The van der Waals surface area contributed by atoms with E-state index < -0.39 is 22.0 Å². The van der Waals surface area contributed by atoms with Crippen molar-refractivity contribution in [3.8, 4) is 5.75 Å². The minimum atomic E-state index is -4.09. The Morgan fingerprint density at radius 2 is 1.77 bits per heavy atom. The van der Waals surface area contributed by atoms with Gasteiger partial charge in [-0.3, -0.25) is 4.79 Å². The average molecular weight is 545 g/mol. The lowest BCUT2D eigenvalue weighted by atomic mass is 9.79. The molecule has 0 spiro atoms. The number of carbonyl (C=O) groups excluding carboxylic acids is 1. The largest absolute Gasteiger partial charge is 0.492 e. The highest BCUT2D eigenvalue weighted by atomic mass is 32.2. The molecular weight excluding hydrogens is 512 g/mol. The number of hydrogen-bond acceptors (Lipinski definition) is 5. The zero-order valence-electron chi connectivity index (χ0n) is 22.1. The number of carbonyl (C=O) groups is 1. The summed E-state index contributed by atoms with van der Waals surface area (Å²) in [6, 6.07) is 22.6. The van der Waals surface area contributed by atoms with E-state index in [0.717, 1.165) is 27.8 Å². The van der Waals surface area contributed by atoms with E-state index >= 15 is 0 Å². The second-order valence-electron chi connectivity index (χ2n) is 10.2. The number of benzene rings is 3. The highest BCUT2D eigenvalue weighted by molar-refractivity contribution is 7.89. The average Bonchev–Trinajstić information content (AvgIpc) is 3.51. The van der Waals surface area contributed by atoms with Crippen LogP contribution in [0.1, 0.15) is 24.5 Å². The lowest BCUT2D eigenvalue weighted by Crippen LogP contribution is -2.48. The quantitative estimate of drug-likeness (QED) is 0.218. The fourth-order valence-corrected chi connectivity index (χ4v) is 7.04. The van der Waals surface area contributed by atoms with Crippen LogP contribution in [0.25, 0.3) is 10.9 Å². The van der Waals surface area contributed by atoms with Gasteiger partial charge in [-0.1, -0.05) is 73.7 Å². The van der Waals surface area contributed by atoms with Gasteiger partial charge in [-0.25, -0.2) is 8.42 Å². The van der Waals surface area contributed by atoms with Crippen LogP contribution in [0.15, 0.2) is 102 Å². The molecule has 0 bridgehead atoms. The SMILES string of the molecule is C=C(CN(C(Cc1c[nH]c2ccccc12)C(=O)OC)S(=O)(=O)c1ccccc1)CC1(C)COc2ccccc21. The molecule has 0 radical (unpaired) electrons. The van der Waals surface area contributed by atoms with Gasteiger partial charge < -0.3 is 14.5 Å². The van der Waals surface area contributed by atoms with Crippen molar-refractivity contribution in [2.75, 3.05) is 20.3 Å². The fraction of sp³-hybridized carbons (Fsp3) is 0.258. The molecule has 0 saturated carbocycles. The Hall–Kier alpha value is -3.88. The number of aromatic amines is 1. The molecule has 2 heterocycles. The van der Waals surface area contributed by atoms with Crippen LogP contribution >= 0.6 is 0 Å². The van der Waals surface area contributed by atoms with E-state index in [4.69, 9.17) is 9.47 Å². The first-order chi connectivity index (χ1) is 18.7. The molecule has 7 nitrogen and oxygen atoms in total. The number of methoxy groups -OCH3 is 1. The van der Waals surface area contributed by atoms with Crippen LogP contribution in [0.3, 0.4) is 0 Å². The molecule has 2 unspecified atom stereocenters. The van der Waals surface area contributed by atoms with Gasteiger partial charge in [0, 0.05) is 41.0 Å². The standard InChI is InChI=1S/C31H32N2O5S/c1-22(18-31(2)21-38-29-16-10-8-14-26(29)31)20-33(39(35,36)24-11-5-4-6-12-24)28(30(34)37-3)17-23-19-32-27-15-9-7-13-25(23)27/h4-16,19,28,32H,1,17-18,20-21H2,2-3H3. The van der Waals surface area contributed by atoms with E-state index in [1.54, 1.807) is 18.2 Å². The number of rotatable bonds is 10. The molecular formula is C31H32N2O5S. The van der Waals surface area contributed by atoms with Crippen LogP contribution in [-0.2, 0) is 31.4 Å². The maximum Gasteiger partial charge on any atom is 0.324 e. The van der Waals surface area contributed by atoms with Gasteiger partial charge in [0.05, 0.1) is 18.6 Å². The predicted octanol–water partition coefficient (Wildman–Crippen LogP) is 5.24. The third-order valence-corrected chi connectivity index (χ3v) is 9.23. The Kier molecular flexibility index (Phi) is 7.34.